The molecular weight excluding hydrogens is 397 g/mol. The molecule has 2 aliphatic heterocycles. The maximum Gasteiger partial charge on any atom is 0.418 e. The number of carbonyl (C=O) groups is 2. The van der Waals surface area contributed by atoms with Crippen LogP contribution in [-0.4, -0.2) is 33.1 Å². The molecule has 24 heavy (non-hydrogen) atoms. The van der Waals surface area contributed by atoms with Crippen LogP contribution in [0.2, 0.25) is 0 Å². The number of alkyl halides is 3. The standard InChI is InChI=1S/C14H12Cl3N3O3S/c1-8-12(24-6-11(21)19-8)10-2-3-20(5-9(10)4-18)13(22)23-7-14(15,16)17/h2-3,5,10H,6-7H2,1H3,(H,19,21). The van der Waals surface area contributed by atoms with Gasteiger partial charge in [-0.1, -0.05) is 40.9 Å². The van der Waals surface area contributed by atoms with E-state index in [1.807, 2.05) is 0 Å². The number of hydrogen-bond acceptors (Lipinski definition) is 5. The molecule has 1 atom stereocenters. The molecule has 0 aromatic heterocycles. The van der Waals surface area contributed by atoms with Crippen LogP contribution in [0.25, 0.3) is 0 Å². The van der Waals surface area contributed by atoms with Gasteiger partial charge in [0, 0.05) is 28.9 Å². The highest BCUT2D eigenvalue weighted by atomic mass is 35.6. The molecule has 0 aliphatic carbocycles. The van der Waals surface area contributed by atoms with Crippen LogP contribution in [0.1, 0.15) is 6.92 Å². The highest BCUT2D eigenvalue weighted by molar-refractivity contribution is 8.03. The van der Waals surface area contributed by atoms with E-state index in [0.717, 1.165) is 9.81 Å². The van der Waals surface area contributed by atoms with E-state index in [1.54, 1.807) is 13.0 Å². The fourth-order valence-electron chi connectivity index (χ4n) is 2.10. The van der Waals surface area contributed by atoms with Crippen molar-refractivity contribution in [2.45, 2.75) is 10.7 Å². The van der Waals surface area contributed by atoms with E-state index in [-0.39, 0.29) is 17.6 Å². The molecule has 0 fully saturated rings. The topological polar surface area (TPSA) is 82.4 Å². The second-order valence-electron chi connectivity index (χ2n) is 4.92. The maximum absolute atomic E-state index is 11.9. The van der Waals surface area contributed by atoms with Crippen molar-refractivity contribution < 1.29 is 14.3 Å². The average Bonchev–Trinajstić information content (AvgIpc) is 2.51. The fraction of sp³-hybridized carbons (Fsp3) is 0.357. The summed E-state index contributed by atoms with van der Waals surface area (Å²) in [7, 11) is 0. The lowest BCUT2D eigenvalue weighted by molar-refractivity contribution is -0.117. The number of halogens is 3. The average molecular weight is 409 g/mol. The third kappa shape index (κ3) is 4.84. The van der Waals surface area contributed by atoms with Gasteiger partial charge in [0.1, 0.15) is 6.61 Å². The summed E-state index contributed by atoms with van der Waals surface area (Å²) in [6.07, 6.45) is 3.75. The van der Waals surface area contributed by atoms with Crippen LogP contribution in [0.3, 0.4) is 0 Å². The predicted molar refractivity (Wildman–Crippen MR) is 93.1 cm³/mol. The molecule has 10 heteroatoms. The van der Waals surface area contributed by atoms with E-state index in [0.29, 0.717) is 11.3 Å². The number of nitriles is 1. The van der Waals surface area contributed by atoms with Gasteiger partial charge in [0.05, 0.1) is 17.4 Å². The number of hydrogen-bond donors (Lipinski definition) is 1. The van der Waals surface area contributed by atoms with Crippen LogP contribution in [0.15, 0.2) is 34.7 Å². The molecule has 2 aliphatic rings. The number of nitrogens with one attached hydrogen (secondary N) is 1. The minimum absolute atomic E-state index is 0.0829. The molecule has 1 unspecified atom stereocenters. The molecule has 2 rings (SSSR count). The Kier molecular flexibility index (Phi) is 6.10. The van der Waals surface area contributed by atoms with E-state index in [2.05, 4.69) is 11.4 Å². The number of amides is 2. The Morgan fingerprint density at radius 3 is 2.88 bits per heavy atom. The Morgan fingerprint density at radius 1 is 1.58 bits per heavy atom. The molecule has 128 valence electrons. The highest BCUT2D eigenvalue weighted by Crippen LogP contribution is 2.37. The van der Waals surface area contributed by atoms with E-state index in [9.17, 15) is 14.9 Å². The predicted octanol–water partition coefficient (Wildman–Crippen LogP) is 3.44. The van der Waals surface area contributed by atoms with Crippen molar-refractivity contribution in [3.05, 3.63) is 34.7 Å². The van der Waals surface area contributed by atoms with Crippen molar-refractivity contribution >= 4 is 58.6 Å². The lowest BCUT2D eigenvalue weighted by Gasteiger charge is -2.27. The van der Waals surface area contributed by atoms with E-state index in [1.165, 1.54) is 24.2 Å². The minimum Gasteiger partial charge on any atom is -0.444 e. The highest BCUT2D eigenvalue weighted by Gasteiger charge is 2.29. The zero-order valence-corrected chi connectivity index (χ0v) is 15.5. The SMILES string of the molecule is CC1=C(C2C=CN(C(=O)OCC(Cl)(Cl)Cl)C=C2C#N)SCC(=O)N1. The quantitative estimate of drug-likeness (QED) is 0.708. The first-order valence-corrected chi connectivity index (χ1v) is 8.78. The van der Waals surface area contributed by atoms with E-state index < -0.39 is 16.5 Å². The van der Waals surface area contributed by atoms with Gasteiger partial charge in [0.15, 0.2) is 0 Å². The summed E-state index contributed by atoms with van der Waals surface area (Å²) in [6.45, 7) is 1.36. The van der Waals surface area contributed by atoms with Gasteiger partial charge in [-0.3, -0.25) is 9.69 Å². The number of ether oxygens (including phenoxy) is 1. The van der Waals surface area contributed by atoms with Gasteiger partial charge in [0.25, 0.3) is 0 Å². The van der Waals surface area contributed by atoms with Gasteiger partial charge in [-0.2, -0.15) is 5.26 Å². The van der Waals surface area contributed by atoms with Gasteiger partial charge in [-0.15, -0.1) is 11.8 Å². The van der Waals surface area contributed by atoms with Crippen LogP contribution in [0, 0.1) is 17.2 Å². The van der Waals surface area contributed by atoms with Crippen LogP contribution >= 0.6 is 46.6 Å². The summed E-state index contributed by atoms with van der Waals surface area (Å²) in [5.74, 6) is -0.136. The number of thioether (sulfide) groups is 1. The second-order valence-corrected chi connectivity index (χ2v) is 8.45. The summed E-state index contributed by atoms with van der Waals surface area (Å²) in [5, 5.41) is 12.1. The maximum atomic E-state index is 11.9. The largest absolute Gasteiger partial charge is 0.444 e. The summed E-state index contributed by atoms with van der Waals surface area (Å²) >= 11 is 18.0. The molecule has 6 nitrogen and oxygen atoms in total. The molecule has 0 saturated carbocycles. The molecule has 0 bridgehead atoms. The first-order chi connectivity index (χ1) is 11.2. The van der Waals surface area contributed by atoms with Crippen LogP contribution < -0.4 is 5.32 Å². The smallest absolute Gasteiger partial charge is 0.418 e. The third-order valence-electron chi connectivity index (χ3n) is 3.09. The Morgan fingerprint density at radius 2 is 2.29 bits per heavy atom. The van der Waals surface area contributed by atoms with E-state index >= 15 is 0 Å². The Bertz CT molecular complexity index is 692. The van der Waals surface area contributed by atoms with Crippen molar-refractivity contribution in [3.8, 4) is 6.07 Å². The van der Waals surface area contributed by atoms with Gasteiger partial charge in [-0.05, 0) is 6.92 Å². The van der Waals surface area contributed by atoms with Crippen LogP contribution in [0.4, 0.5) is 4.79 Å². The molecule has 1 N–H and O–H groups in total. The monoisotopic (exact) mass is 407 g/mol. The number of nitrogens with zero attached hydrogens (tertiary/aromatic N) is 2. The molecule has 0 aromatic carbocycles. The zero-order chi connectivity index (χ0) is 17.9. The summed E-state index contributed by atoms with van der Waals surface area (Å²) in [4.78, 5) is 25.3. The number of carbonyl (C=O) groups excluding carboxylic acids is 2. The Hall–Kier alpha value is -1.33. The van der Waals surface area contributed by atoms with Gasteiger partial charge >= 0.3 is 6.09 Å². The molecule has 2 heterocycles. The Balaban J connectivity index is 2.14. The van der Waals surface area contributed by atoms with Crippen molar-refractivity contribution in [2.75, 3.05) is 12.4 Å². The van der Waals surface area contributed by atoms with Crippen LogP contribution in [-0.2, 0) is 9.53 Å². The lowest BCUT2D eigenvalue weighted by atomic mass is 9.97. The van der Waals surface area contributed by atoms with Crippen molar-refractivity contribution in [1.82, 2.24) is 10.2 Å². The Labute approximate surface area is 158 Å². The molecule has 0 spiro atoms. The lowest BCUT2D eigenvalue weighted by Crippen LogP contribution is -2.31. The van der Waals surface area contributed by atoms with Gasteiger partial charge < -0.3 is 10.1 Å². The third-order valence-corrected chi connectivity index (χ3v) is 4.69. The number of allylic oxidation sites excluding steroid dienone is 4. The zero-order valence-electron chi connectivity index (χ0n) is 12.4. The van der Waals surface area contributed by atoms with Gasteiger partial charge in [-0.25, -0.2) is 4.79 Å². The molecule has 0 saturated heterocycles. The summed E-state index contributed by atoms with van der Waals surface area (Å²) < 4.78 is 3.16. The normalized spacial score (nSPS) is 21.1. The van der Waals surface area contributed by atoms with Gasteiger partial charge in [0.2, 0.25) is 9.70 Å². The second kappa shape index (κ2) is 7.70. The first-order valence-electron chi connectivity index (χ1n) is 6.66. The van der Waals surface area contributed by atoms with E-state index in [4.69, 9.17) is 39.5 Å². The molecule has 0 radical (unpaired) electrons. The summed E-state index contributed by atoms with van der Waals surface area (Å²) in [6, 6.07) is 2.06. The number of rotatable bonds is 2. The van der Waals surface area contributed by atoms with Crippen molar-refractivity contribution in [1.29, 1.82) is 5.26 Å². The minimum atomic E-state index is -1.71. The van der Waals surface area contributed by atoms with Crippen molar-refractivity contribution in [2.24, 2.45) is 5.92 Å². The fourth-order valence-corrected chi connectivity index (χ4v) is 3.27. The molecular formula is C14H12Cl3N3O3S. The van der Waals surface area contributed by atoms with Crippen molar-refractivity contribution in [3.63, 3.8) is 0 Å². The first kappa shape index (κ1) is 19.0. The molecule has 0 aromatic rings. The summed E-state index contributed by atoms with van der Waals surface area (Å²) in [5.41, 5.74) is 1.03. The van der Waals surface area contributed by atoms with Crippen LogP contribution in [0.5, 0.6) is 0 Å². The molecule has 2 amide bonds.